The molecule has 11 atom stereocenters. The summed E-state index contributed by atoms with van der Waals surface area (Å²) >= 11 is 0. The minimum Gasteiger partial charge on any atom is -0.481 e. The molecule has 4 heteroatoms. The number of rotatable bonds is 3. The second kappa shape index (κ2) is 7.70. The van der Waals surface area contributed by atoms with E-state index in [9.17, 15) is 20.1 Å². The van der Waals surface area contributed by atoms with Gasteiger partial charge in [0.25, 0.3) is 0 Å². The van der Waals surface area contributed by atoms with Gasteiger partial charge in [0.2, 0.25) is 0 Å². The molecular formula is C30H50O4. The number of aliphatic hydroxyl groups excluding tert-OH is 2. The van der Waals surface area contributed by atoms with Crippen molar-refractivity contribution in [2.24, 2.45) is 62.6 Å². The fourth-order valence-electron chi connectivity index (χ4n) is 11.8. The number of carboxylic acids is 1. The van der Waals surface area contributed by atoms with Crippen LogP contribution in [0, 0.1) is 62.6 Å². The Balaban J connectivity index is 1.56. The predicted molar refractivity (Wildman–Crippen MR) is 134 cm³/mol. The van der Waals surface area contributed by atoms with E-state index in [-0.39, 0.29) is 22.9 Å². The van der Waals surface area contributed by atoms with Crippen LogP contribution in [0.5, 0.6) is 0 Å². The molecule has 4 unspecified atom stereocenters. The van der Waals surface area contributed by atoms with Crippen LogP contribution in [-0.2, 0) is 4.79 Å². The summed E-state index contributed by atoms with van der Waals surface area (Å²) in [6.07, 6.45) is 9.81. The average Bonchev–Trinajstić information content (AvgIpc) is 3.18. The Bertz CT molecular complexity index is 840. The van der Waals surface area contributed by atoms with E-state index in [1.807, 2.05) is 0 Å². The van der Waals surface area contributed by atoms with Crippen molar-refractivity contribution in [1.29, 1.82) is 0 Å². The van der Waals surface area contributed by atoms with Crippen LogP contribution in [0.15, 0.2) is 0 Å². The molecule has 0 aromatic heterocycles. The highest BCUT2D eigenvalue weighted by atomic mass is 16.4. The monoisotopic (exact) mass is 474 g/mol. The normalized spacial score (nSPS) is 56.9. The second-order valence-corrected chi connectivity index (χ2v) is 14.8. The molecule has 0 spiro atoms. The lowest BCUT2D eigenvalue weighted by atomic mass is 9.32. The molecule has 5 aliphatic carbocycles. The highest BCUT2D eigenvalue weighted by molar-refractivity contribution is 5.76. The predicted octanol–water partition coefficient (Wildman–Crippen LogP) is 6.14. The molecule has 5 saturated carbocycles. The first-order valence-electron chi connectivity index (χ1n) is 14.3. The van der Waals surface area contributed by atoms with Crippen LogP contribution in [0.3, 0.4) is 0 Å². The molecule has 5 fully saturated rings. The van der Waals surface area contributed by atoms with Crippen molar-refractivity contribution < 1.29 is 20.1 Å². The number of carbonyl (C=O) groups is 1. The van der Waals surface area contributed by atoms with Gasteiger partial charge in [-0.25, -0.2) is 0 Å². The number of aliphatic hydroxyl groups is 2. The van der Waals surface area contributed by atoms with Crippen LogP contribution >= 0.6 is 0 Å². The summed E-state index contributed by atoms with van der Waals surface area (Å²) in [7, 11) is 0. The number of hydrogen-bond acceptors (Lipinski definition) is 3. The van der Waals surface area contributed by atoms with Crippen molar-refractivity contribution in [3.05, 3.63) is 0 Å². The summed E-state index contributed by atoms with van der Waals surface area (Å²) in [6, 6.07) is 0. The van der Waals surface area contributed by atoms with Crippen molar-refractivity contribution in [2.45, 2.75) is 112 Å². The van der Waals surface area contributed by atoms with E-state index in [2.05, 4.69) is 41.5 Å². The van der Waals surface area contributed by atoms with Gasteiger partial charge in [-0.2, -0.15) is 0 Å². The molecule has 4 nitrogen and oxygen atoms in total. The zero-order valence-electron chi connectivity index (χ0n) is 22.6. The number of aliphatic carboxylic acids is 1. The molecule has 5 aliphatic rings. The van der Waals surface area contributed by atoms with E-state index in [1.165, 1.54) is 6.42 Å². The molecule has 0 heterocycles. The fourth-order valence-corrected chi connectivity index (χ4v) is 11.8. The van der Waals surface area contributed by atoms with Gasteiger partial charge in [-0.1, -0.05) is 41.5 Å². The van der Waals surface area contributed by atoms with Gasteiger partial charge >= 0.3 is 5.97 Å². The molecule has 0 bridgehead atoms. The van der Waals surface area contributed by atoms with Crippen LogP contribution in [0.2, 0.25) is 0 Å². The van der Waals surface area contributed by atoms with Crippen molar-refractivity contribution in [3.8, 4) is 0 Å². The van der Waals surface area contributed by atoms with E-state index in [0.717, 1.165) is 57.8 Å². The highest BCUT2D eigenvalue weighted by Crippen LogP contribution is 2.77. The molecule has 0 radical (unpaired) electrons. The minimum atomic E-state index is -0.523. The summed E-state index contributed by atoms with van der Waals surface area (Å²) in [5.41, 5.74) is -0.434. The number of carboxylic acid groups (broad SMARTS) is 1. The van der Waals surface area contributed by atoms with Crippen molar-refractivity contribution >= 4 is 5.97 Å². The van der Waals surface area contributed by atoms with Crippen LogP contribution < -0.4 is 0 Å². The molecule has 0 amide bonds. The van der Waals surface area contributed by atoms with Crippen molar-refractivity contribution in [2.75, 3.05) is 6.61 Å². The van der Waals surface area contributed by atoms with Gasteiger partial charge in [0.15, 0.2) is 0 Å². The van der Waals surface area contributed by atoms with Gasteiger partial charge in [-0.3, -0.25) is 4.79 Å². The van der Waals surface area contributed by atoms with Crippen LogP contribution in [0.4, 0.5) is 0 Å². The first-order chi connectivity index (χ1) is 15.8. The summed E-state index contributed by atoms with van der Waals surface area (Å²) in [5, 5.41) is 31.9. The molecule has 5 rings (SSSR count). The van der Waals surface area contributed by atoms with Gasteiger partial charge in [0.1, 0.15) is 0 Å². The lowest BCUT2D eigenvalue weighted by Gasteiger charge is -2.72. The zero-order chi connectivity index (χ0) is 24.9. The maximum absolute atomic E-state index is 12.8. The third-order valence-corrected chi connectivity index (χ3v) is 13.9. The van der Waals surface area contributed by atoms with Crippen molar-refractivity contribution in [1.82, 2.24) is 0 Å². The Morgan fingerprint density at radius 3 is 2.18 bits per heavy atom. The maximum atomic E-state index is 12.8. The summed E-state index contributed by atoms with van der Waals surface area (Å²) in [4.78, 5) is 12.8. The fraction of sp³-hybridized carbons (Fsp3) is 0.967. The van der Waals surface area contributed by atoms with E-state index in [1.54, 1.807) is 0 Å². The highest BCUT2D eigenvalue weighted by Gasteiger charge is 2.72. The Labute approximate surface area is 207 Å². The molecular weight excluding hydrogens is 424 g/mol. The molecule has 0 aromatic rings. The van der Waals surface area contributed by atoms with Gasteiger partial charge < -0.3 is 15.3 Å². The van der Waals surface area contributed by atoms with Gasteiger partial charge in [0, 0.05) is 5.41 Å². The molecule has 0 aliphatic heterocycles. The van der Waals surface area contributed by atoms with E-state index in [0.29, 0.717) is 35.5 Å². The molecule has 194 valence electrons. The van der Waals surface area contributed by atoms with Gasteiger partial charge in [-0.15, -0.1) is 0 Å². The Hall–Kier alpha value is -0.610. The second-order valence-electron chi connectivity index (χ2n) is 14.8. The smallest absolute Gasteiger partial charge is 0.309 e. The number of hydrogen-bond donors (Lipinski definition) is 3. The number of fused-ring (bicyclic) bond motifs is 7. The first kappa shape index (κ1) is 25.1. The molecule has 3 N–H and O–H groups in total. The lowest BCUT2D eigenvalue weighted by molar-refractivity contribution is -0.255. The third-order valence-electron chi connectivity index (χ3n) is 13.9. The summed E-state index contributed by atoms with van der Waals surface area (Å²) in [6.45, 7) is 14.4. The summed E-state index contributed by atoms with van der Waals surface area (Å²) in [5.74, 6) is 2.27. The van der Waals surface area contributed by atoms with Crippen LogP contribution in [-0.4, -0.2) is 34.0 Å². The van der Waals surface area contributed by atoms with Gasteiger partial charge in [-0.05, 0) is 116 Å². The minimum absolute atomic E-state index is 0.0665. The molecule has 34 heavy (non-hydrogen) atoms. The van der Waals surface area contributed by atoms with Crippen molar-refractivity contribution in [3.63, 3.8) is 0 Å². The SMILES string of the molecule is CC(C)[C@@H]1CC[C@]2(C(=O)O)CC[C@]3(C)C(CCC4[C@@]5(C)CC[C@H](O)[C@@](C)(CO)C5CC[C@]43C)C12. The van der Waals surface area contributed by atoms with E-state index >= 15 is 0 Å². The Morgan fingerprint density at radius 1 is 0.853 bits per heavy atom. The topological polar surface area (TPSA) is 77.8 Å². The van der Waals surface area contributed by atoms with E-state index in [4.69, 9.17) is 0 Å². The maximum Gasteiger partial charge on any atom is 0.309 e. The lowest BCUT2D eigenvalue weighted by Crippen LogP contribution is -2.67. The largest absolute Gasteiger partial charge is 0.481 e. The Morgan fingerprint density at radius 2 is 1.56 bits per heavy atom. The van der Waals surface area contributed by atoms with Crippen LogP contribution in [0.25, 0.3) is 0 Å². The van der Waals surface area contributed by atoms with E-state index < -0.39 is 22.9 Å². The Kier molecular flexibility index (Phi) is 5.67. The van der Waals surface area contributed by atoms with Gasteiger partial charge in [0.05, 0.1) is 18.1 Å². The van der Waals surface area contributed by atoms with Crippen LogP contribution in [0.1, 0.15) is 106 Å². The zero-order valence-corrected chi connectivity index (χ0v) is 22.6. The average molecular weight is 475 g/mol. The summed E-state index contributed by atoms with van der Waals surface area (Å²) < 4.78 is 0. The standard InChI is InChI=1S/C30H50O4/c1-18(2)19-9-14-30(25(33)34)16-15-28(5)20(24(19)30)7-8-22-26(3)12-11-23(32)27(4,17-31)21(26)10-13-29(22,28)6/h18-24,31-32H,7-17H2,1-6H3,(H,33,34)/t19-,20?,21?,22?,23-,24?,26-,27-,28+,29+,30-/m0/s1. The molecule has 0 saturated heterocycles. The third kappa shape index (κ3) is 2.82. The first-order valence-corrected chi connectivity index (χ1v) is 14.3. The quantitative estimate of drug-likeness (QED) is 0.459. The molecule has 0 aromatic carbocycles.